The van der Waals surface area contributed by atoms with Gasteiger partial charge in [-0.05, 0) is 42.1 Å². The molecule has 8 heteroatoms. The summed E-state index contributed by atoms with van der Waals surface area (Å²) >= 11 is 0. The Bertz CT molecular complexity index is 1200. The van der Waals surface area contributed by atoms with Crippen LogP contribution in [0, 0.1) is 0 Å². The number of morpholine rings is 1. The maximum absolute atomic E-state index is 5.48. The highest BCUT2D eigenvalue weighted by molar-refractivity contribution is 5.98. The number of imidazole rings is 1. The molecule has 35 heavy (non-hydrogen) atoms. The number of fused-ring (bicyclic) bond motifs is 5. The molecule has 1 unspecified atom stereocenters. The Kier molecular flexibility index (Phi) is 6.18. The van der Waals surface area contributed by atoms with Gasteiger partial charge in [-0.15, -0.1) is 0 Å². The molecule has 1 fully saturated rings. The number of anilines is 1. The SMILES string of the molecule is CC(C)c1ccc(C2NC3=NCN(CCCN4CCOCC4)CN3c3nc4ccccc4n32)cc1. The average Bonchev–Trinajstić information content (AvgIpc) is 3.29. The molecule has 8 nitrogen and oxygen atoms in total. The molecule has 0 bridgehead atoms. The van der Waals surface area contributed by atoms with Crippen LogP contribution in [0.5, 0.6) is 0 Å². The van der Waals surface area contributed by atoms with Crippen LogP contribution in [0.4, 0.5) is 5.95 Å². The van der Waals surface area contributed by atoms with E-state index in [-0.39, 0.29) is 6.17 Å². The first kappa shape index (κ1) is 22.5. The van der Waals surface area contributed by atoms with Crippen LogP contribution in [0.25, 0.3) is 11.0 Å². The molecule has 0 amide bonds. The fourth-order valence-electron chi connectivity index (χ4n) is 5.29. The van der Waals surface area contributed by atoms with E-state index in [1.54, 1.807) is 0 Å². The molecule has 0 radical (unpaired) electrons. The summed E-state index contributed by atoms with van der Waals surface area (Å²) in [5.41, 5.74) is 4.72. The summed E-state index contributed by atoms with van der Waals surface area (Å²) in [6, 6.07) is 17.4. The molecule has 1 saturated heterocycles. The monoisotopic (exact) mass is 473 g/mol. The van der Waals surface area contributed by atoms with Crippen molar-refractivity contribution in [3.63, 3.8) is 0 Å². The number of ether oxygens (including phenoxy) is 1. The van der Waals surface area contributed by atoms with E-state index < -0.39 is 0 Å². The minimum absolute atomic E-state index is 0.0403. The van der Waals surface area contributed by atoms with Crippen LogP contribution in [0.15, 0.2) is 53.5 Å². The van der Waals surface area contributed by atoms with Crippen LogP contribution in [0.3, 0.4) is 0 Å². The van der Waals surface area contributed by atoms with Crippen LogP contribution in [0.1, 0.15) is 43.5 Å². The fourth-order valence-corrected chi connectivity index (χ4v) is 5.29. The number of hydrogen-bond acceptors (Lipinski definition) is 7. The van der Waals surface area contributed by atoms with E-state index >= 15 is 0 Å². The summed E-state index contributed by atoms with van der Waals surface area (Å²) in [4.78, 5) is 17.2. The Labute approximate surface area is 207 Å². The van der Waals surface area contributed by atoms with Gasteiger partial charge in [0.1, 0.15) is 6.17 Å². The van der Waals surface area contributed by atoms with E-state index in [2.05, 4.69) is 87.0 Å². The lowest BCUT2D eigenvalue weighted by Gasteiger charge is -2.42. The number of benzene rings is 2. The topological polar surface area (TPSA) is 61.2 Å². The summed E-state index contributed by atoms with van der Waals surface area (Å²) < 4.78 is 7.81. The summed E-state index contributed by atoms with van der Waals surface area (Å²) in [5, 5.41) is 3.73. The Morgan fingerprint density at radius 3 is 2.57 bits per heavy atom. The molecule has 3 aromatic rings. The summed E-state index contributed by atoms with van der Waals surface area (Å²) in [6.07, 6.45) is 1.09. The lowest BCUT2D eigenvalue weighted by molar-refractivity contribution is 0.0361. The van der Waals surface area contributed by atoms with E-state index in [0.717, 1.165) is 75.4 Å². The molecule has 0 aliphatic carbocycles. The van der Waals surface area contributed by atoms with E-state index in [0.29, 0.717) is 12.6 Å². The Balaban J connectivity index is 1.26. The summed E-state index contributed by atoms with van der Waals surface area (Å²) in [5.74, 6) is 2.38. The number of nitrogens with one attached hydrogen (secondary N) is 1. The van der Waals surface area contributed by atoms with Gasteiger partial charge in [0.15, 0.2) is 0 Å². The second-order valence-corrected chi connectivity index (χ2v) is 10.0. The first-order chi connectivity index (χ1) is 17.2. The van der Waals surface area contributed by atoms with Crippen molar-refractivity contribution in [3.8, 4) is 0 Å². The van der Waals surface area contributed by atoms with E-state index in [1.165, 1.54) is 11.1 Å². The molecule has 2 aromatic carbocycles. The van der Waals surface area contributed by atoms with Crippen molar-refractivity contribution in [1.29, 1.82) is 0 Å². The van der Waals surface area contributed by atoms with Crippen molar-refractivity contribution in [1.82, 2.24) is 24.7 Å². The zero-order valence-corrected chi connectivity index (χ0v) is 20.7. The van der Waals surface area contributed by atoms with Crippen LogP contribution >= 0.6 is 0 Å². The zero-order valence-electron chi connectivity index (χ0n) is 20.7. The molecule has 4 heterocycles. The number of hydrogen-bond donors (Lipinski definition) is 1. The number of para-hydroxylation sites is 2. The van der Waals surface area contributed by atoms with Crippen molar-refractivity contribution in [3.05, 3.63) is 59.7 Å². The van der Waals surface area contributed by atoms with Gasteiger partial charge in [-0.3, -0.25) is 19.3 Å². The molecular weight excluding hydrogens is 438 g/mol. The maximum Gasteiger partial charge on any atom is 0.216 e. The lowest BCUT2D eigenvalue weighted by Crippen LogP contribution is -2.57. The zero-order chi connectivity index (χ0) is 23.8. The standard InChI is InChI=1S/C27H35N7O/c1-20(2)21-8-10-22(11-9-21)25-30-26-28-18-32(13-5-12-31-14-16-35-17-15-31)19-33(26)27-29-23-6-3-4-7-24(23)34(25)27/h3-4,6-11,20,25H,5,12-19H2,1-2H3,(H,28,30). The quantitative estimate of drug-likeness (QED) is 0.592. The predicted octanol–water partition coefficient (Wildman–Crippen LogP) is 3.43. The highest BCUT2D eigenvalue weighted by Gasteiger charge is 2.35. The normalized spacial score (nSPS) is 21.1. The molecule has 184 valence electrons. The minimum Gasteiger partial charge on any atom is -0.379 e. The molecule has 1 atom stereocenters. The third kappa shape index (κ3) is 4.42. The first-order valence-corrected chi connectivity index (χ1v) is 12.9. The second-order valence-electron chi connectivity index (χ2n) is 10.0. The Hall–Kier alpha value is -2.94. The second kappa shape index (κ2) is 9.60. The molecular formula is C27H35N7O. The van der Waals surface area contributed by atoms with Crippen LogP contribution in [-0.2, 0) is 4.74 Å². The van der Waals surface area contributed by atoms with Gasteiger partial charge in [0.05, 0.1) is 37.6 Å². The van der Waals surface area contributed by atoms with Gasteiger partial charge >= 0.3 is 0 Å². The highest BCUT2D eigenvalue weighted by atomic mass is 16.5. The van der Waals surface area contributed by atoms with E-state index in [1.807, 2.05) is 0 Å². The lowest BCUT2D eigenvalue weighted by atomic mass is 10.0. The Morgan fingerprint density at radius 1 is 1.00 bits per heavy atom. The first-order valence-electron chi connectivity index (χ1n) is 12.9. The van der Waals surface area contributed by atoms with Crippen molar-refractivity contribution in [2.75, 3.05) is 57.6 Å². The average molecular weight is 474 g/mol. The smallest absolute Gasteiger partial charge is 0.216 e. The fraction of sp³-hybridized carbons (Fsp3) is 0.481. The number of rotatable bonds is 6. The van der Waals surface area contributed by atoms with Gasteiger partial charge in [-0.1, -0.05) is 50.2 Å². The van der Waals surface area contributed by atoms with Gasteiger partial charge in [0.25, 0.3) is 0 Å². The van der Waals surface area contributed by atoms with Gasteiger partial charge in [-0.25, -0.2) is 9.98 Å². The van der Waals surface area contributed by atoms with Crippen LogP contribution < -0.4 is 10.2 Å². The number of nitrogens with zero attached hydrogens (tertiary/aromatic N) is 6. The van der Waals surface area contributed by atoms with Crippen LogP contribution in [0.2, 0.25) is 0 Å². The third-order valence-electron chi connectivity index (χ3n) is 7.33. The largest absolute Gasteiger partial charge is 0.379 e. The molecule has 0 spiro atoms. The molecule has 1 aromatic heterocycles. The third-order valence-corrected chi connectivity index (χ3v) is 7.33. The molecule has 3 aliphatic rings. The highest BCUT2D eigenvalue weighted by Crippen LogP contribution is 2.34. The molecule has 6 rings (SSSR count). The molecule has 0 saturated carbocycles. The number of aliphatic imine (C=N–C) groups is 1. The Morgan fingerprint density at radius 2 is 1.77 bits per heavy atom. The van der Waals surface area contributed by atoms with Gasteiger partial charge < -0.3 is 10.1 Å². The number of guanidine groups is 1. The van der Waals surface area contributed by atoms with Crippen molar-refractivity contribution in [2.45, 2.75) is 32.4 Å². The van der Waals surface area contributed by atoms with Crippen LogP contribution in [-0.4, -0.2) is 78.0 Å². The minimum atomic E-state index is -0.0403. The van der Waals surface area contributed by atoms with E-state index in [4.69, 9.17) is 14.7 Å². The van der Waals surface area contributed by atoms with Gasteiger partial charge in [-0.2, -0.15) is 0 Å². The van der Waals surface area contributed by atoms with E-state index in [9.17, 15) is 0 Å². The summed E-state index contributed by atoms with van der Waals surface area (Å²) in [7, 11) is 0. The summed E-state index contributed by atoms with van der Waals surface area (Å²) in [6.45, 7) is 11.9. The van der Waals surface area contributed by atoms with Gasteiger partial charge in [0, 0.05) is 19.6 Å². The predicted molar refractivity (Wildman–Crippen MR) is 140 cm³/mol. The van der Waals surface area contributed by atoms with Crippen molar-refractivity contribution >= 4 is 22.9 Å². The van der Waals surface area contributed by atoms with Gasteiger partial charge in [0.2, 0.25) is 11.9 Å². The molecule has 3 aliphatic heterocycles. The van der Waals surface area contributed by atoms with Crippen molar-refractivity contribution < 1.29 is 4.74 Å². The number of aromatic nitrogens is 2. The molecule has 1 N–H and O–H groups in total. The maximum atomic E-state index is 5.48. The van der Waals surface area contributed by atoms with Crippen molar-refractivity contribution in [2.24, 2.45) is 4.99 Å².